The summed E-state index contributed by atoms with van der Waals surface area (Å²) >= 11 is 5.84. The number of carbonyl (C=O) groups excluding carboxylic acids is 1. The van der Waals surface area contributed by atoms with Crippen molar-refractivity contribution in [2.45, 2.75) is 19.4 Å². The quantitative estimate of drug-likeness (QED) is 0.733. The molecule has 1 amide bonds. The summed E-state index contributed by atoms with van der Waals surface area (Å²) in [6, 6.07) is 15.6. The van der Waals surface area contributed by atoms with Gasteiger partial charge in [-0.15, -0.1) is 0 Å². The van der Waals surface area contributed by atoms with Gasteiger partial charge in [0, 0.05) is 35.1 Å². The number of hydrogen-bond donors (Lipinski definition) is 2. The van der Waals surface area contributed by atoms with Crippen molar-refractivity contribution in [3.05, 3.63) is 70.9 Å². The molecule has 4 heteroatoms. The molecule has 0 aliphatic heterocycles. The van der Waals surface area contributed by atoms with Crippen LogP contribution in [0.3, 0.4) is 0 Å². The van der Waals surface area contributed by atoms with Gasteiger partial charge in [0.15, 0.2) is 0 Å². The molecule has 0 aliphatic carbocycles. The number of fused-ring (bicyclic) bond motifs is 1. The summed E-state index contributed by atoms with van der Waals surface area (Å²) < 4.78 is 0. The zero-order valence-electron chi connectivity index (χ0n) is 12.1. The average Bonchev–Trinajstić information content (AvgIpc) is 2.96. The third kappa shape index (κ3) is 3.49. The Morgan fingerprint density at radius 3 is 2.68 bits per heavy atom. The maximum absolute atomic E-state index is 12.0. The number of halogens is 1. The maximum atomic E-state index is 12.0. The molecular formula is C18H17ClN2O. The van der Waals surface area contributed by atoms with Crippen LogP contribution in [0.1, 0.15) is 17.5 Å². The molecule has 1 heterocycles. The van der Waals surface area contributed by atoms with Crippen molar-refractivity contribution in [3.63, 3.8) is 0 Å². The zero-order valence-corrected chi connectivity index (χ0v) is 12.9. The van der Waals surface area contributed by atoms with Crippen LogP contribution in [-0.2, 0) is 17.8 Å². The smallest absolute Gasteiger partial charge is 0.220 e. The lowest BCUT2D eigenvalue weighted by Gasteiger charge is -2.05. The van der Waals surface area contributed by atoms with E-state index < -0.39 is 0 Å². The van der Waals surface area contributed by atoms with Crippen LogP contribution in [0.25, 0.3) is 10.9 Å². The molecule has 0 fully saturated rings. The monoisotopic (exact) mass is 312 g/mol. The van der Waals surface area contributed by atoms with Crippen molar-refractivity contribution in [2.24, 2.45) is 0 Å². The predicted molar refractivity (Wildman–Crippen MR) is 89.9 cm³/mol. The first-order valence-electron chi connectivity index (χ1n) is 7.28. The van der Waals surface area contributed by atoms with Crippen LogP contribution < -0.4 is 5.32 Å². The zero-order chi connectivity index (χ0) is 15.4. The molecule has 0 saturated carbocycles. The lowest BCUT2D eigenvalue weighted by molar-refractivity contribution is -0.121. The first kappa shape index (κ1) is 14.7. The Hall–Kier alpha value is -2.26. The van der Waals surface area contributed by atoms with Crippen LogP contribution in [0, 0.1) is 0 Å². The Morgan fingerprint density at radius 1 is 1.09 bits per heavy atom. The number of benzene rings is 2. The fourth-order valence-corrected chi connectivity index (χ4v) is 2.60. The number of H-pyrrole nitrogens is 1. The SMILES string of the molecule is O=C(CCc1c[nH]c2ccccc12)NCc1ccc(Cl)cc1. The summed E-state index contributed by atoms with van der Waals surface area (Å²) in [5, 5.41) is 4.83. The van der Waals surface area contributed by atoms with Crippen molar-refractivity contribution in [1.82, 2.24) is 10.3 Å². The molecule has 0 unspecified atom stereocenters. The fourth-order valence-electron chi connectivity index (χ4n) is 2.48. The number of para-hydroxylation sites is 1. The minimum absolute atomic E-state index is 0.0558. The number of nitrogens with one attached hydrogen (secondary N) is 2. The molecule has 2 N–H and O–H groups in total. The van der Waals surface area contributed by atoms with Gasteiger partial charge >= 0.3 is 0 Å². The summed E-state index contributed by atoms with van der Waals surface area (Å²) in [6.07, 6.45) is 3.20. The van der Waals surface area contributed by atoms with Crippen molar-refractivity contribution >= 4 is 28.4 Å². The third-order valence-electron chi connectivity index (χ3n) is 3.70. The first-order chi connectivity index (χ1) is 10.7. The van der Waals surface area contributed by atoms with Crippen LogP contribution in [0.4, 0.5) is 0 Å². The Labute approximate surface area is 134 Å². The normalized spacial score (nSPS) is 10.8. The largest absolute Gasteiger partial charge is 0.361 e. The number of aryl methyl sites for hydroxylation is 1. The summed E-state index contributed by atoms with van der Waals surface area (Å²) in [6.45, 7) is 0.532. The predicted octanol–water partition coefficient (Wildman–Crippen LogP) is 4.07. The van der Waals surface area contributed by atoms with Gasteiger partial charge < -0.3 is 10.3 Å². The Morgan fingerprint density at radius 2 is 1.86 bits per heavy atom. The van der Waals surface area contributed by atoms with E-state index in [1.165, 1.54) is 10.9 Å². The summed E-state index contributed by atoms with van der Waals surface area (Å²) in [5.74, 6) is 0.0558. The third-order valence-corrected chi connectivity index (χ3v) is 3.95. The highest BCUT2D eigenvalue weighted by molar-refractivity contribution is 6.30. The van der Waals surface area contributed by atoms with Gasteiger partial charge in [0.1, 0.15) is 0 Å². The minimum atomic E-state index is 0.0558. The summed E-state index contributed by atoms with van der Waals surface area (Å²) in [5.41, 5.74) is 3.33. The summed E-state index contributed by atoms with van der Waals surface area (Å²) in [7, 11) is 0. The van der Waals surface area contributed by atoms with Crippen molar-refractivity contribution < 1.29 is 4.79 Å². The molecular weight excluding hydrogens is 296 g/mol. The van der Waals surface area contributed by atoms with Crippen LogP contribution in [0.2, 0.25) is 5.02 Å². The second kappa shape index (κ2) is 6.67. The molecule has 1 aromatic heterocycles. The van der Waals surface area contributed by atoms with Crippen LogP contribution >= 0.6 is 11.6 Å². The lowest BCUT2D eigenvalue weighted by atomic mass is 10.1. The second-order valence-corrected chi connectivity index (χ2v) is 5.70. The molecule has 3 nitrogen and oxygen atoms in total. The lowest BCUT2D eigenvalue weighted by Crippen LogP contribution is -2.22. The van der Waals surface area contributed by atoms with Crippen LogP contribution in [0.5, 0.6) is 0 Å². The topological polar surface area (TPSA) is 44.9 Å². The number of hydrogen-bond acceptors (Lipinski definition) is 1. The average molecular weight is 313 g/mol. The minimum Gasteiger partial charge on any atom is -0.361 e. The van der Waals surface area contributed by atoms with E-state index in [0.29, 0.717) is 18.0 Å². The fraction of sp³-hybridized carbons (Fsp3) is 0.167. The highest BCUT2D eigenvalue weighted by Gasteiger charge is 2.06. The molecule has 0 spiro atoms. The van der Waals surface area contributed by atoms with Gasteiger partial charge in [-0.25, -0.2) is 0 Å². The van der Waals surface area contributed by atoms with Crippen molar-refractivity contribution in [1.29, 1.82) is 0 Å². The van der Waals surface area contributed by atoms with E-state index >= 15 is 0 Å². The molecule has 0 aliphatic rings. The highest BCUT2D eigenvalue weighted by Crippen LogP contribution is 2.18. The van der Waals surface area contributed by atoms with E-state index in [1.807, 2.05) is 48.7 Å². The van der Waals surface area contributed by atoms with E-state index in [9.17, 15) is 4.79 Å². The molecule has 0 saturated heterocycles. The van der Waals surface area contributed by atoms with E-state index in [-0.39, 0.29) is 5.91 Å². The van der Waals surface area contributed by atoms with Gasteiger partial charge in [-0.1, -0.05) is 41.9 Å². The second-order valence-electron chi connectivity index (χ2n) is 5.26. The Kier molecular flexibility index (Phi) is 4.45. The van der Waals surface area contributed by atoms with Crippen molar-refractivity contribution in [2.75, 3.05) is 0 Å². The number of carbonyl (C=O) groups is 1. The molecule has 0 atom stereocenters. The van der Waals surface area contributed by atoms with E-state index in [0.717, 1.165) is 17.5 Å². The van der Waals surface area contributed by atoms with E-state index in [2.05, 4.69) is 16.4 Å². The van der Waals surface area contributed by atoms with Crippen molar-refractivity contribution in [3.8, 4) is 0 Å². The molecule has 0 bridgehead atoms. The van der Waals surface area contributed by atoms with Gasteiger partial charge in [0.2, 0.25) is 5.91 Å². The standard InChI is InChI=1S/C18H17ClN2O/c19-15-8-5-13(6-9-15)11-21-18(22)10-7-14-12-20-17-4-2-1-3-16(14)17/h1-6,8-9,12,20H,7,10-11H2,(H,21,22). The highest BCUT2D eigenvalue weighted by atomic mass is 35.5. The van der Waals surface area contributed by atoms with E-state index in [1.54, 1.807) is 0 Å². The van der Waals surface area contributed by atoms with E-state index in [4.69, 9.17) is 11.6 Å². The number of rotatable bonds is 5. The maximum Gasteiger partial charge on any atom is 0.220 e. The van der Waals surface area contributed by atoms with Gasteiger partial charge in [-0.05, 0) is 35.7 Å². The van der Waals surface area contributed by atoms with Gasteiger partial charge in [-0.3, -0.25) is 4.79 Å². The van der Waals surface area contributed by atoms with Gasteiger partial charge in [-0.2, -0.15) is 0 Å². The van der Waals surface area contributed by atoms with Gasteiger partial charge in [0.25, 0.3) is 0 Å². The van der Waals surface area contributed by atoms with Crippen LogP contribution in [-0.4, -0.2) is 10.9 Å². The Bertz CT molecular complexity index is 777. The van der Waals surface area contributed by atoms with Crippen LogP contribution in [0.15, 0.2) is 54.7 Å². The molecule has 3 aromatic rings. The number of aromatic nitrogens is 1. The number of amides is 1. The first-order valence-corrected chi connectivity index (χ1v) is 7.66. The summed E-state index contributed by atoms with van der Waals surface area (Å²) in [4.78, 5) is 15.2. The Balaban J connectivity index is 1.53. The molecule has 3 rings (SSSR count). The molecule has 112 valence electrons. The molecule has 2 aromatic carbocycles. The molecule has 22 heavy (non-hydrogen) atoms. The van der Waals surface area contributed by atoms with Gasteiger partial charge in [0.05, 0.1) is 0 Å². The number of aromatic amines is 1. The molecule has 0 radical (unpaired) electrons.